The van der Waals surface area contributed by atoms with Crippen molar-refractivity contribution in [1.29, 1.82) is 0 Å². The van der Waals surface area contributed by atoms with Crippen LogP contribution in [0.25, 0.3) is 0 Å². The molecule has 1 aromatic rings. The lowest BCUT2D eigenvalue weighted by atomic mass is 10.1. The second-order valence-corrected chi connectivity index (χ2v) is 5.27. The molecule has 1 N–H and O–H groups in total. The van der Waals surface area contributed by atoms with Gasteiger partial charge in [0.15, 0.2) is 0 Å². The lowest BCUT2D eigenvalue weighted by Crippen LogP contribution is -2.33. The first-order valence-electron chi connectivity index (χ1n) is 6.90. The molecule has 1 rings (SSSR count). The molecule has 2 nitrogen and oxygen atoms in total. The van der Waals surface area contributed by atoms with E-state index in [1.165, 1.54) is 4.90 Å². The van der Waals surface area contributed by atoms with Gasteiger partial charge in [-0.25, -0.2) is 0 Å². The van der Waals surface area contributed by atoms with E-state index in [4.69, 9.17) is 0 Å². The highest BCUT2D eigenvalue weighted by molar-refractivity contribution is 5.22. The third-order valence-electron chi connectivity index (χ3n) is 2.99. The molecule has 0 spiro atoms. The molecule has 0 saturated carbocycles. The van der Waals surface area contributed by atoms with Gasteiger partial charge >= 0.3 is 6.18 Å². The van der Waals surface area contributed by atoms with Crippen molar-refractivity contribution in [2.24, 2.45) is 0 Å². The third kappa shape index (κ3) is 6.91. The van der Waals surface area contributed by atoms with Gasteiger partial charge in [-0.05, 0) is 17.7 Å². The molecule has 0 aliphatic rings. The van der Waals surface area contributed by atoms with Gasteiger partial charge in [0.25, 0.3) is 0 Å². The number of halogens is 3. The minimum Gasteiger partial charge on any atom is -0.310 e. The van der Waals surface area contributed by atoms with Crippen LogP contribution in [0.3, 0.4) is 0 Å². The van der Waals surface area contributed by atoms with Gasteiger partial charge in [0, 0.05) is 19.1 Å². The molecule has 0 saturated heterocycles. The van der Waals surface area contributed by atoms with E-state index in [1.54, 1.807) is 6.92 Å². The van der Waals surface area contributed by atoms with E-state index < -0.39 is 12.7 Å². The maximum atomic E-state index is 12.4. The van der Waals surface area contributed by atoms with Crippen molar-refractivity contribution >= 4 is 0 Å². The summed E-state index contributed by atoms with van der Waals surface area (Å²) in [6.07, 6.45) is -4.14. The highest BCUT2D eigenvalue weighted by Crippen LogP contribution is 2.18. The first-order valence-corrected chi connectivity index (χ1v) is 6.90. The standard InChI is InChI=1S/C15H23F3N2/c1-4-20(11-15(16,17)18)10-14-7-5-13(6-8-14)9-19-12(2)3/h5-8,12,19H,4,9-11H2,1-3H3. The summed E-state index contributed by atoms with van der Waals surface area (Å²) >= 11 is 0. The zero-order chi connectivity index (χ0) is 15.2. The minimum absolute atomic E-state index is 0.327. The molecule has 1 aromatic carbocycles. The third-order valence-corrected chi connectivity index (χ3v) is 2.99. The lowest BCUT2D eigenvalue weighted by molar-refractivity contribution is -0.146. The number of hydrogen-bond donors (Lipinski definition) is 1. The van der Waals surface area contributed by atoms with Crippen LogP contribution in [0.15, 0.2) is 24.3 Å². The van der Waals surface area contributed by atoms with E-state index in [2.05, 4.69) is 19.2 Å². The Hall–Kier alpha value is -1.07. The summed E-state index contributed by atoms with van der Waals surface area (Å²) in [4.78, 5) is 1.39. The fourth-order valence-electron chi connectivity index (χ4n) is 1.88. The minimum atomic E-state index is -4.14. The van der Waals surface area contributed by atoms with Gasteiger partial charge in [0.2, 0.25) is 0 Å². The number of nitrogens with one attached hydrogen (secondary N) is 1. The van der Waals surface area contributed by atoms with Crippen LogP contribution in [0.5, 0.6) is 0 Å². The molecule has 0 bridgehead atoms. The van der Waals surface area contributed by atoms with E-state index in [1.807, 2.05) is 24.3 Å². The Morgan fingerprint density at radius 2 is 1.65 bits per heavy atom. The molecule has 0 fully saturated rings. The molecule has 0 amide bonds. The van der Waals surface area contributed by atoms with Gasteiger partial charge in [-0.1, -0.05) is 45.0 Å². The smallest absolute Gasteiger partial charge is 0.310 e. The molecule has 0 aliphatic heterocycles. The van der Waals surface area contributed by atoms with Gasteiger partial charge < -0.3 is 5.32 Å². The average molecular weight is 288 g/mol. The molecule has 5 heteroatoms. The molecule has 0 aliphatic carbocycles. The van der Waals surface area contributed by atoms with Gasteiger partial charge in [0.1, 0.15) is 0 Å². The number of benzene rings is 1. The largest absolute Gasteiger partial charge is 0.401 e. The molecule has 0 atom stereocenters. The van der Waals surface area contributed by atoms with E-state index in [0.29, 0.717) is 19.1 Å². The molecule has 20 heavy (non-hydrogen) atoms. The zero-order valence-corrected chi connectivity index (χ0v) is 12.3. The van der Waals surface area contributed by atoms with Crippen molar-refractivity contribution < 1.29 is 13.2 Å². The fourth-order valence-corrected chi connectivity index (χ4v) is 1.88. The first-order chi connectivity index (χ1) is 9.30. The van der Waals surface area contributed by atoms with Crippen molar-refractivity contribution in [2.45, 2.75) is 46.1 Å². The summed E-state index contributed by atoms with van der Waals surface area (Å²) in [5.74, 6) is 0. The average Bonchev–Trinajstić information content (AvgIpc) is 2.35. The Morgan fingerprint density at radius 3 is 2.10 bits per heavy atom. The molecule has 0 radical (unpaired) electrons. The number of nitrogens with zero attached hydrogens (tertiary/aromatic N) is 1. The van der Waals surface area contributed by atoms with Gasteiger partial charge in [-0.2, -0.15) is 13.2 Å². The molecule has 0 unspecified atom stereocenters. The van der Waals surface area contributed by atoms with E-state index in [0.717, 1.165) is 17.7 Å². The quantitative estimate of drug-likeness (QED) is 0.825. The SMILES string of the molecule is CCN(Cc1ccc(CNC(C)C)cc1)CC(F)(F)F. The lowest BCUT2D eigenvalue weighted by Gasteiger charge is -2.22. The molecule has 114 valence electrons. The normalized spacial score (nSPS) is 12.4. The number of hydrogen-bond acceptors (Lipinski definition) is 2. The predicted octanol–water partition coefficient (Wildman–Crippen LogP) is 3.57. The monoisotopic (exact) mass is 288 g/mol. The number of rotatable bonds is 7. The Morgan fingerprint density at radius 1 is 1.10 bits per heavy atom. The topological polar surface area (TPSA) is 15.3 Å². The summed E-state index contributed by atoms with van der Waals surface area (Å²) in [6, 6.07) is 8.14. The van der Waals surface area contributed by atoms with Crippen molar-refractivity contribution in [3.8, 4) is 0 Å². The van der Waals surface area contributed by atoms with E-state index in [-0.39, 0.29) is 0 Å². The highest BCUT2D eigenvalue weighted by Gasteiger charge is 2.29. The van der Waals surface area contributed by atoms with E-state index >= 15 is 0 Å². The second-order valence-electron chi connectivity index (χ2n) is 5.27. The van der Waals surface area contributed by atoms with Crippen molar-refractivity contribution in [3.05, 3.63) is 35.4 Å². The van der Waals surface area contributed by atoms with Gasteiger partial charge in [-0.15, -0.1) is 0 Å². The Balaban J connectivity index is 2.55. The van der Waals surface area contributed by atoms with Gasteiger partial charge in [0.05, 0.1) is 6.54 Å². The van der Waals surface area contributed by atoms with Crippen molar-refractivity contribution in [2.75, 3.05) is 13.1 Å². The highest BCUT2D eigenvalue weighted by atomic mass is 19.4. The maximum absolute atomic E-state index is 12.4. The van der Waals surface area contributed by atoms with Crippen LogP contribution in [0.2, 0.25) is 0 Å². The summed E-state index contributed by atoms with van der Waals surface area (Å²) in [6.45, 7) is 6.52. The van der Waals surface area contributed by atoms with Crippen LogP contribution in [0, 0.1) is 0 Å². The number of alkyl halides is 3. The second kappa shape index (κ2) is 7.64. The van der Waals surface area contributed by atoms with E-state index in [9.17, 15) is 13.2 Å². The van der Waals surface area contributed by atoms with Crippen molar-refractivity contribution in [3.63, 3.8) is 0 Å². The summed E-state index contributed by atoms with van der Waals surface area (Å²) in [5.41, 5.74) is 2.05. The zero-order valence-electron chi connectivity index (χ0n) is 12.3. The summed E-state index contributed by atoms with van der Waals surface area (Å²) in [5, 5.41) is 3.31. The van der Waals surface area contributed by atoms with Crippen LogP contribution in [-0.2, 0) is 13.1 Å². The summed E-state index contributed by atoms with van der Waals surface area (Å²) < 4.78 is 37.2. The van der Waals surface area contributed by atoms with Crippen LogP contribution >= 0.6 is 0 Å². The van der Waals surface area contributed by atoms with Crippen LogP contribution in [0.4, 0.5) is 13.2 Å². The summed E-state index contributed by atoms with van der Waals surface area (Å²) in [7, 11) is 0. The van der Waals surface area contributed by atoms with Crippen LogP contribution in [-0.4, -0.2) is 30.2 Å². The van der Waals surface area contributed by atoms with Crippen LogP contribution in [0.1, 0.15) is 31.9 Å². The fraction of sp³-hybridized carbons (Fsp3) is 0.600. The predicted molar refractivity (Wildman–Crippen MR) is 75.4 cm³/mol. The Kier molecular flexibility index (Phi) is 6.49. The Bertz CT molecular complexity index is 385. The van der Waals surface area contributed by atoms with Crippen molar-refractivity contribution in [1.82, 2.24) is 10.2 Å². The molecule has 0 heterocycles. The first kappa shape index (κ1) is 17.0. The van der Waals surface area contributed by atoms with Crippen LogP contribution < -0.4 is 5.32 Å². The molecular weight excluding hydrogens is 265 g/mol. The maximum Gasteiger partial charge on any atom is 0.401 e. The van der Waals surface area contributed by atoms with Gasteiger partial charge in [-0.3, -0.25) is 4.90 Å². The Labute approximate surface area is 119 Å². The molecular formula is C15H23F3N2. The molecule has 0 aromatic heterocycles.